The van der Waals surface area contributed by atoms with Crippen molar-refractivity contribution in [1.82, 2.24) is 4.90 Å². The number of carbonyl (C=O) groups is 1. The van der Waals surface area contributed by atoms with Crippen LogP contribution >= 0.6 is 0 Å². The Balaban J connectivity index is 1.46. The second-order valence-electron chi connectivity index (χ2n) is 7.10. The van der Waals surface area contributed by atoms with Gasteiger partial charge in [0.2, 0.25) is 5.91 Å². The molecule has 0 spiro atoms. The fourth-order valence-electron chi connectivity index (χ4n) is 3.26. The van der Waals surface area contributed by atoms with Crippen LogP contribution in [0.4, 0.5) is 10.1 Å². The number of halogens is 1. The Bertz CT molecular complexity index is 790. The van der Waals surface area contributed by atoms with Crippen LogP contribution in [0.3, 0.4) is 0 Å². The molecule has 1 amide bonds. The number of carbonyl (C=O) groups excluding carboxylic acids is 1. The van der Waals surface area contributed by atoms with Gasteiger partial charge in [0.15, 0.2) is 0 Å². The van der Waals surface area contributed by atoms with Crippen LogP contribution in [0, 0.1) is 5.82 Å². The summed E-state index contributed by atoms with van der Waals surface area (Å²) in [6.07, 6.45) is 3.46. The van der Waals surface area contributed by atoms with Crippen molar-refractivity contribution >= 4 is 11.6 Å². The van der Waals surface area contributed by atoms with Crippen molar-refractivity contribution in [2.75, 3.05) is 26.0 Å². The number of benzene rings is 2. The third kappa shape index (κ3) is 5.22. The predicted molar refractivity (Wildman–Crippen MR) is 106 cm³/mol. The molecule has 2 aromatic rings. The average Bonchev–Trinajstić information content (AvgIpc) is 3.51. The Hall–Kier alpha value is -2.56. The van der Waals surface area contributed by atoms with E-state index in [0.29, 0.717) is 25.4 Å². The Morgan fingerprint density at radius 2 is 2.04 bits per heavy atom. The fourth-order valence-corrected chi connectivity index (χ4v) is 3.26. The molecule has 0 aliphatic heterocycles. The summed E-state index contributed by atoms with van der Waals surface area (Å²) in [5, 5.41) is 3.37. The number of para-hydroxylation sites is 1. The zero-order chi connectivity index (χ0) is 19.2. The summed E-state index contributed by atoms with van der Waals surface area (Å²) in [5.41, 5.74) is 3.05. The van der Waals surface area contributed by atoms with Crippen molar-refractivity contribution < 1.29 is 13.9 Å². The molecule has 1 saturated carbocycles. The lowest BCUT2D eigenvalue weighted by atomic mass is 10.1. The van der Waals surface area contributed by atoms with E-state index < -0.39 is 0 Å². The van der Waals surface area contributed by atoms with E-state index in [1.54, 1.807) is 24.1 Å². The minimum atomic E-state index is -0.185. The molecule has 1 aliphatic carbocycles. The molecule has 2 aromatic carbocycles. The number of ether oxygens (including phenoxy) is 1. The topological polar surface area (TPSA) is 41.6 Å². The highest BCUT2D eigenvalue weighted by Crippen LogP contribution is 2.43. The van der Waals surface area contributed by atoms with Crippen LogP contribution in [0.5, 0.6) is 5.75 Å². The van der Waals surface area contributed by atoms with Crippen molar-refractivity contribution in [2.24, 2.45) is 0 Å². The van der Waals surface area contributed by atoms with Gasteiger partial charge in [0.25, 0.3) is 0 Å². The molecule has 4 nitrogen and oxygen atoms in total. The van der Waals surface area contributed by atoms with Gasteiger partial charge < -0.3 is 15.0 Å². The molecule has 0 unspecified atom stereocenters. The minimum absolute atomic E-state index is 0.101. The Labute approximate surface area is 160 Å². The quantitative estimate of drug-likeness (QED) is 0.658. The van der Waals surface area contributed by atoms with E-state index in [4.69, 9.17) is 4.74 Å². The molecule has 0 heterocycles. The molecule has 1 aliphatic rings. The van der Waals surface area contributed by atoms with Gasteiger partial charge in [-0.15, -0.1) is 0 Å². The summed E-state index contributed by atoms with van der Waals surface area (Å²) in [6.45, 7) is 1.22. The van der Waals surface area contributed by atoms with Crippen LogP contribution in [0.2, 0.25) is 0 Å². The third-order valence-electron chi connectivity index (χ3n) is 4.94. The molecule has 144 valence electrons. The summed E-state index contributed by atoms with van der Waals surface area (Å²) in [7, 11) is 3.45. The molecule has 3 rings (SSSR count). The van der Waals surface area contributed by atoms with Crippen LogP contribution in [0.25, 0.3) is 0 Å². The van der Waals surface area contributed by atoms with Gasteiger partial charge in [-0.25, -0.2) is 4.39 Å². The van der Waals surface area contributed by atoms with Crippen LogP contribution in [-0.2, 0) is 11.3 Å². The summed E-state index contributed by atoms with van der Waals surface area (Å²) in [4.78, 5) is 14.1. The van der Waals surface area contributed by atoms with Crippen molar-refractivity contribution in [1.29, 1.82) is 0 Å². The fraction of sp³-hybridized carbons (Fsp3) is 0.409. The molecular weight excluding hydrogens is 343 g/mol. The van der Waals surface area contributed by atoms with E-state index in [2.05, 4.69) is 5.32 Å². The zero-order valence-corrected chi connectivity index (χ0v) is 16.0. The maximum Gasteiger partial charge on any atom is 0.222 e. The average molecular weight is 370 g/mol. The van der Waals surface area contributed by atoms with E-state index in [-0.39, 0.29) is 11.7 Å². The molecule has 0 saturated heterocycles. The van der Waals surface area contributed by atoms with E-state index in [9.17, 15) is 9.18 Å². The molecule has 0 atom stereocenters. The summed E-state index contributed by atoms with van der Waals surface area (Å²) in [6, 6.07) is 12.7. The highest BCUT2D eigenvalue weighted by atomic mass is 19.1. The van der Waals surface area contributed by atoms with E-state index in [1.165, 1.54) is 6.07 Å². The first kappa shape index (κ1) is 19.2. The van der Waals surface area contributed by atoms with Gasteiger partial charge in [-0.2, -0.15) is 0 Å². The van der Waals surface area contributed by atoms with Crippen LogP contribution in [0.15, 0.2) is 42.5 Å². The maximum absolute atomic E-state index is 13.5. The first-order valence-electron chi connectivity index (χ1n) is 9.47. The smallest absolute Gasteiger partial charge is 0.222 e. The van der Waals surface area contributed by atoms with E-state index >= 15 is 0 Å². The highest BCUT2D eigenvalue weighted by molar-refractivity contribution is 5.76. The van der Waals surface area contributed by atoms with Crippen molar-refractivity contribution in [3.05, 3.63) is 59.4 Å². The second kappa shape index (κ2) is 8.89. The number of hydrogen-bond donors (Lipinski definition) is 1. The van der Waals surface area contributed by atoms with Gasteiger partial charge in [-0.1, -0.05) is 18.2 Å². The molecule has 5 heteroatoms. The zero-order valence-electron chi connectivity index (χ0n) is 16.0. The Kier molecular flexibility index (Phi) is 6.32. The normalized spacial score (nSPS) is 13.3. The lowest BCUT2D eigenvalue weighted by Crippen LogP contribution is -2.26. The first-order valence-corrected chi connectivity index (χ1v) is 9.47. The SMILES string of the molecule is COc1ccccc1CN(C)C(=O)CCCNc1ccc(F)cc1C1CC1. The van der Waals surface area contributed by atoms with Crippen molar-refractivity contribution in [3.63, 3.8) is 0 Å². The predicted octanol–water partition coefficient (Wildman–Crippen LogP) is 4.56. The molecule has 27 heavy (non-hydrogen) atoms. The van der Waals surface area contributed by atoms with Crippen LogP contribution in [-0.4, -0.2) is 31.5 Å². The van der Waals surface area contributed by atoms with Crippen LogP contribution in [0.1, 0.15) is 42.7 Å². The number of methoxy groups -OCH3 is 1. The van der Waals surface area contributed by atoms with Gasteiger partial charge in [-0.3, -0.25) is 4.79 Å². The number of nitrogens with one attached hydrogen (secondary N) is 1. The van der Waals surface area contributed by atoms with Gasteiger partial charge >= 0.3 is 0 Å². The third-order valence-corrected chi connectivity index (χ3v) is 4.94. The molecule has 0 bridgehead atoms. The van der Waals surface area contributed by atoms with Crippen LogP contribution < -0.4 is 10.1 Å². The first-order chi connectivity index (χ1) is 13.1. The van der Waals surface area contributed by atoms with Crippen molar-refractivity contribution in [3.8, 4) is 5.75 Å². The number of anilines is 1. The van der Waals surface area contributed by atoms with E-state index in [1.807, 2.05) is 31.3 Å². The molecule has 0 radical (unpaired) electrons. The Morgan fingerprint density at radius 1 is 1.26 bits per heavy atom. The number of nitrogens with zero attached hydrogens (tertiary/aromatic N) is 1. The van der Waals surface area contributed by atoms with Gasteiger partial charge in [-0.05, 0) is 55.0 Å². The summed E-state index contributed by atoms with van der Waals surface area (Å²) >= 11 is 0. The number of hydrogen-bond acceptors (Lipinski definition) is 3. The molecule has 1 fully saturated rings. The van der Waals surface area contributed by atoms with Gasteiger partial charge in [0.05, 0.1) is 7.11 Å². The number of rotatable bonds is 9. The Morgan fingerprint density at radius 3 is 2.78 bits per heavy atom. The standard InChI is InChI=1S/C22H27FN2O2/c1-25(15-17-6-3-4-7-21(17)27-2)22(26)8-5-13-24-20-12-11-18(23)14-19(20)16-9-10-16/h3-4,6-7,11-12,14,16,24H,5,8-10,13,15H2,1-2H3. The number of amides is 1. The largest absolute Gasteiger partial charge is 0.496 e. The van der Waals surface area contributed by atoms with Gasteiger partial charge in [0.1, 0.15) is 11.6 Å². The van der Waals surface area contributed by atoms with Crippen molar-refractivity contribution in [2.45, 2.75) is 38.1 Å². The monoisotopic (exact) mass is 370 g/mol. The highest BCUT2D eigenvalue weighted by Gasteiger charge is 2.26. The lowest BCUT2D eigenvalue weighted by Gasteiger charge is -2.19. The molecular formula is C22H27FN2O2. The summed E-state index contributed by atoms with van der Waals surface area (Å²) in [5.74, 6) is 1.19. The maximum atomic E-state index is 13.5. The molecule has 1 N–H and O–H groups in total. The van der Waals surface area contributed by atoms with E-state index in [0.717, 1.165) is 41.8 Å². The minimum Gasteiger partial charge on any atom is -0.496 e. The summed E-state index contributed by atoms with van der Waals surface area (Å²) < 4.78 is 18.8. The molecule has 0 aromatic heterocycles. The second-order valence-corrected chi connectivity index (χ2v) is 7.10. The van der Waals surface area contributed by atoms with Gasteiger partial charge in [0, 0.05) is 37.8 Å². The lowest BCUT2D eigenvalue weighted by molar-refractivity contribution is -0.130.